The minimum atomic E-state index is -4.89. The molecule has 7 aromatic rings. The summed E-state index contributed by atoms with van der Waals surface area (Å²) in [6, 6.07) is 12.4. The van der Waals surface area contributed by atoms with Crippen LogP contribution < -0.4 is 10.1 Å². The Morgan fingerprint density at radius 1 is 0.675 bits per heavy atom. The second-order valence-corrected chi connectivity index (χ2v) is 33.3. The van der Waals surface area contributed by atoms with E-state index in [4.69, 9.17) is 42.4 Å². The van der Waals surface area contributed by atoms with E-state index in [9.17, 15) is 62.9 Å². The number of benzene rings is 2. The standard InChI is InChI=1S/C48H58Cl2N10O16P4/c1-46-14-24-15-47(2,17-46)19-48(16-24,18-46)57-38-32-39(54-44(49)53-38)59(20-51-32)43-37(35(62)31(76-43)10-12-78(66,67)23-80(71,72)73)74-25-7-8-29-27(13-25)26-5-3-4-6-28(26)60(29)41-33-40(55-45(50)56-41)58(21-52-33)42-36(63)34(61)30(75-42)9-11-77(64,65)22-79(68,69)70/h3-8,13,20-21,24,30-31,34-37,42-43,61-63H,9-12,14-19,22-23H2,1-2H3,(H,64,65)(H,66,67)(H,53,54,57)(H2,68,69,70)(H2,71,72,73)/t24?,30-,31-,34?,35?,36?,37?,42-,43-,46-,47+,48?/m1/s1. The first-order valence-electron chi connectivity index (χ1n) is 25.8. The maximum Gasteiger partial charge on any atom is 0.335 e. The van der Waals surface area contributed by atoms with Gasteiger partial charge in [0.1, 0.15) is 35.9 Å². The Balaban J connectivity index is 0.879. The zero-order valence-corrected chi connectivity index (χ0v) is 47.9. The molecule has 13 rings (SSSR count). The lowest BCUT2D eigenvalue weighted by atomic mass is 9.43. The molecule has 0 spiro atoms. The number of nitrogens with one attached hydrogen (secondary N) is 1. The van der Waals surface area contributed by atoms with Gasteiger partial charge in [-0.2, -0.15) is 19.9 Å². The number of nitrogens with zero attached hydrogens (tertiary/aromatic N) is 9. The molecule has 2 saturated heterocycles. The van der Waals surface area contributed by atoms with Crippen molar-refractivity contribution in [1.29, 1.82) is 0 Å². The zero-order valence-electron chi connectivity index (χ0n) is 42.8. The highest BCUT2D eigenvalue weighted by atomic mass is 35.5. The molecule has 14 atom stereocenters. The van der Waals surface area contributed by atoms with Crippen molar-refractivity contribution in [2.45, 2.75) is 120 Å². The number of aromatic nitrogens is 9. The van der Waals surface area contributed by atoms with Crippen molar-refractivity contribution in [2.75, 3.05) is 29.4 Å². The maximum absolute atomic E-state index is 13.1. The Labute approximate surface area is 465 Å². The summed E-state index contributed by atoms with van der Waals surface area (Å²) in [6.07, 6.45) is -3.57. The van der Waals surface area contributed by atoms with Crippen LogP contribution in [-0.4, -0.2) is 155 Å². The molecule has 26 nitrogen and oxygen atoms in total. The van der Waals surface area contributed by atoms with Crippen LogP contribution in [0.1, 0.15) is 77.7 Å². The third kappa shape index (κ3) is 10.7. The Morgan fingerprint density at radius 2 is 1.24 bits per heavy atom. The number of fused-ring (bicyclic) bond motifs is 5. The van der Waals surface area contributed by atoms with E-state index in [0.29, 0.717) is 39.1 Å². The number of aliphatic hydroxyl groups excluding tert-OH is 3. The van der Waals surface area contributed by atoms with Gasteiger partial charge in [0.25, 0.3) is 0 Å². The summed E-state index contributed by atoms with van der Waals surface area (Å²) in [5, 5.41) is 39.2. The summed E-state index contributed by atoms with van der Waals surface area (Å²) in [5.74, 6) is -1.06. The molecule has 7 heterocycles. The van der Waals surface area contributed by atoms with E-state index in [-0.39, 0.29) is 68.2 Å². The molecule has 4 bridgehead atoms. The van der Waals surface area contributed by atoms with Crippen LogP contribution in [0, 0.1) is 16.7 Å². The quantitative estimate of drug-likeness (QED) is 0.0346. The topological polar surface area (TPSA) is 382 Å². The Kier molecular flexibility index (Phi) is 14.0. The van der Waals surface area contributed by atoms with Gasteiger partial charge in [-0.15, -0.1) is 0 Å². The van der Waals surface area contributed by atoms with Crippen LogP contribution in [0.3, 0.4) is 0 Å². The molecular formula is C48H58Cl2N10O16P4. The first-order valence-corrected chi connectivity index (χ1v) is 34.2. The van der Waals surface area contributed by atoms with Gasteiger partial charge < -0.3 is 64.2 Å². The minimum Gasteiger partial charge on any atom is -0.483 e. The van der Waals surface area contributed by atoms with Gasteiger partial charge in [-0.05, 0) is 116 Å². The van der Waals surface area contributed by atoms with Gasteiger partial charge in [0.05, 0.1) is 35.9 Å². The lowest BCUT2D eigenvalue weighted by Crippen LogP contribution is -2.61. The van der Waals surface area contributed by atoms with Crippen LogP contribution in [0.25, 0.3) is 50.0 Å². The van der Waals surface area contributed by atoms with Crippen molar-refractivity contribution >= 4 is 103 Å². The Hall–Kier alpha value is -4.00. The first kappa shape index (κ1) is 56.5. The molecule has 4 aliphatic carbocycles. The van der Waals surface area contributed by atoms with Crippen molar-refractivity contribution in [2.24, 2.45) is 16.7 Å². The SMILES string of the molecule is C[C@]12CC3CC(Nc4nc(Cl)nc5c4ncn5[C@@H]4O[C@H](CCP(=O)(O)CP(=O)(O)O)C(O)C4Oc4ccc5c(c4)c4ccccc4n5-c4nc(Cl)nc5c4ncn5[C@@H]4O[C@H](CCP(=O)(O)CP(=O)(O)O)C(O)C4O)(C1)C[C@@](C)(C3)C2. The molecule has 0 radical (unpaired) electrons. The van der Waals surface area contributed by atoms with E-state index >= 15 is 0 Å². The predicted octanol–water partition coefficient (Wildman–Crippen LogP) is 6.45. The Morgan fingerprint density at radius 3 is 1.88 bits per heavy atom. The van der Waals surface area contributed by atoms with Gasteiger partial charge in [-0.1, -0.05) is 32.0 Å². The van der Waals surface area contributed by atoms with Crippen LogP contribution in [0.15, 0.2) is 55.1 Å². The lowest BCUT2D eigenvalue weighted by Gasteiger charge is -2.65. The number of hydrogen-bond acceptors (Lipinski definition) is 17. The summed E-state index contributed by atoms with van der Waals surface area (Å²) in [6.45, 7) is 4.73. The third-order valence-electron chi connectivity index (χ3n) is 16.4. The number of imidazole rings is 2. The highest BCUT2D eigenvalue weighted by Gasteiger charge is 2.60. The third-order valence-corrected chi connectivity index (χ3v) is 25.2. The second-order valence-electron chi connectivity index (χ2n) is 23.4. The van der Waals surface area contributed by atoms with E-state index in [1.165, 1.54) is 30.1 Å². The molecule has 80 heavy (non-hydrogen) atoms. The lowest BCUT2D eigenvalue weighted by molar-refractivity contribution is -0.0973. The number of hydrogen-bond donors (Lipinski definition) is 10. The van der Waals surface area contributed by atoms with Gasteiger partial charge in [-0.25, -0.2) is 9.97 Å². The number of halogens is 2. The molecule has 430 valence electrons. The summed E-state index contributed by atoms with van der Waals surface area (Å²) in [4.78, 5) is 86.2. The van der Waals surface area contributed by atoms with Gasteiger partial charge >= 0.3 is 15.2 Å². The zero-order chi connectivity index (χ0) is 56.9. The van der Waals surface area contributed by atoms with E-state index in [1.54, 1.807) is 33.4 Å². The average Bonchev–Trinajstić information content (AvgIpc) is 4.13. The van der Waals surface area contributed by atoms with Crippen LogP contribution in [0.4, 0.5) is 5.82 Å². The minimum absolute atomic E-state index is 0.0736. The van der Waals surface area contributed by atoms with Gasteiger partial charge in [0.15, 0.2) is 52.5 Å². The van der Waals surface area contributed by atoms with E-state index in [2.05, 4.69) is 44.1 Å². The van der Waals surface area contributed by atoms with Crippen LogP contribution in [0.2, 0.25) is 10.6 Å². The van der Waals surface area contributed by atoms with Crippen molar-refractivity contribution in [1.82, 2.24) is 43.6 Å². The van der Waals surface area contributed by atoms with Gasteiger partial charge in [-0.3, -0.25) is 32.0 Å². The number of anilines is 1. The summed E-state index contributed by atoms with van der Waals surface area (Å²) in [7, 11) is -18.5. The summed E-state index contributed by atoms with van der Waals surface area (Å²) < 4.78 is 72.9. The monoisotopic (exact) mass is 1220 g/mol. The van der Waals surface area contributed by atoms with Crippen LogP contribution in [-0.2, 0) is 27.7 Å². The fourth-order valence-corrected chi connectivity index (χ4v) is 21.9. The molecule has 2 aromatic carbocycles. The first-order chi connectivity index (χ1) is 37.5. The molecular weight excluding hydrogens is 1170 g/mol. The molecule has 10 N–H and O–H groups in total. The molecule has 32 heteroatoms. The average molecular weight is 1230 g/mol. The largest absolute Gasteiger partial charge is 0.483 e. The molecule has 4 saturated carbocycles. The maximum atomic E-state index is 13.1. The van der Waals surface area contributed by atoms with Crippen molar-refractivity contribution in [3.63, 3.8) is 0 Å². The van der Waals surface area contributed by atoms with Crippen molar-refractivity contribution in [3.8, 4) is 11.6 Å². The van der Waals surface area contributed by atoms with Gasteiger partial charge in [0, 0.05) is 28.6 Å². The molecule has 0 amide bonds. The van der Waals surface area contributed by atoms with Crippen LogP contribution >= 0.6 is 53.1 Å². The van der Waals surface area contributed by atoms with Crippen molar-refractivity contribution in [3.05, 3.63) is 65.7 Å². The molecule has 5 aromatic heterocycles. The summed E-state index contributed by atoms with van der Waals surface area (Å²) >= 11 is 13.4. The Bertz CT molecular complexity index is 3820. The van der Waals surface area contributed by atoms with E-state index in [1.807, 2.05) is 18.2 Å². The highest BCUT2D eigenvalue weighted by Crippen LogP contribution is 2.67. The number of ether oxygens (including phenoxy) is 3. The van der Waals surface area contributed by atoms with Gasteiger partial charge in [0.2, 0.25) is 25.3 Å². The number of aliphatic hydroxyl groups is 3. The van der Waals surface area contributed by atoms with E-state index in [0.717, 1.165) is 25.7 Å². The second kappa shape index (κ2) is 19.8. The summed E-state index contributed by atoms with van der Waals surface area (Å²) in [5.41, 5.74) is 2.17. The fraction of sp³-hybridized carbons (Fsp3) is 0.542. The number of para-hydroxylation sites is 1. The fourth-order valence-electron chi connectivity index (χ4n) is 14.5. The van der Waals surface area contributed by atoms with E-state index < -0.39 is 103 Å². The van der Waals surface area contributed by atoms with Crippen LogP contribution in [0.5, 0.6) is 5.75 Å². The molecule has 6 aliphatic rings. The molecule has 2 aliphatic heterocycles. The smallest absolute Gasteiger partial charge is 0.335 e. The normalized spacial score (nSPS) is 32.1. The highest BCUT2D eigenvalue weighted by molar-refractivity contribution is 7.73. The molecule has 6 fully saturated rings. The van der Waals surface area contributed by atoms with Crippen molar-refractivity contribution < 1.29 is 77.2 Å². The molecule has 8 unspecified atom stereocenters. The predicted molar refractivity (Wildman–Crippen MR) is 291 cm³/mol. The number of rotatable bonds is 17.